The van der Waals surface area contributed by atoms with Crippen LogP contribution < -0.4 is 5.73 Å². The SMILES string of the molecule is Nc1cc(-c2ccc(Cl)cc2Cl)ncn1. The fraction of sp³-hybridized carbons (Fsp3) is 0. The molecular formula is C10H7Cl2N3. The first kappa shape index (κ1) is 10.2. The minimum atomic E-state index is 0.408. The Kier molecular flexibility index (Phi) is 2.75. The van der Waals surface area contributed by atoms with Crippen LogP contribution in [-0.4, -0.2) is 9.97 Å². The molecule has 0 unspecified atom stereocenters. The van der Waals surface area contributed by atoms with Crippen molar-refractivity contribution < 1.29 is 0 Å². The Morgan fingerprint density at radius 2 is 1.87 bits per heavy atom. The van der Waals surface area contributed by atoms with Gasteiger partial charge in [0, 0.05) is 16.7 Å². The Labute approximate surface area is 96.9 Å². The summed E-state index contributed by atoms with van der Waals surface area (Å²) in [4.78, 5) is 7.89. The van der Waals surface area contributed by atoms with E-state index in [2.05, 4.69) is 9.97 Å². The number of nitrogens with zero attached hydrogens (tertiary/aromatic N) is 2. The predicted octanol–water partition coefficient (Wildman–Crippen LogP) is 3.03. The molecule has 1 aromatic heterocycles. The molecule has 3 nitrogen and oxygen atoms in total. The zero-order valence-electron chi connectivity index (χ0n) is 7.61. The van der Waals surface area contributed by atoms with Gasteiger partial charge in [-0.3, -0.25) is 0 Å². The fourth-order valence-electron chi connectivity index (χ4n) is 1.22. The summed E-state index contributed by atoms with van der Waals surface area (Å²) in [6, 6.07) is 6.87. The number of hydrogen-bond acceptors (Lipinski definition) is 3. The van der Waals surface area contributed by atoms with Gasteiger partial charge in [0.25, 0.3) is 0 Å². The molecule has 2 aromatic rings. The fourth-order valence-corrected chi connectivity index (χ4v) is 1.72. The molecule has 15 heavy (non-hydrogen) atoms. The first-order valence-electron chi connectivity index (χ1n) is 4.20. The number of nitrogen functional groups attached to an aromatic ring is 1. The number of halogens is 2. The van der Waals surface area contributed by atoms with E-state index in [1.165, 1.54) is 6.33 Å². The highest BCUT2D eigenvalue weighted by atomic mass is 35.5. The number of aromatic nitrogens is 2. The van der Waals surface area contributed by atoms with Crippen LogP contribution in [0.3, 0.4) is 0 Å². The highest BCUT2D eigenvalue weighted by Gasteiger charge is 2.05. The summed E-state index contributed by atoms with van der Waals surface area (Å²) in [5.41, 5.74) is 7.03. The number of benzene rings is 1. The standard InChI is InChI=1S/C10H7Cl2N3/c11-6-1-2-7(8(12)3-6)9-4-10(13)15-5-14-9/h1-5H,(H2,13,14,15). The molecule has 0 spiro atoms. The van der Waals surface area contributed by atoms with Gasteiger partial charge in [0.15, 0.2) is 0 Å². The summed E-state index contributed by atoms with van der Waals surface area (Å²) >= 11 is 11.8. The molecule has 0 saturated heterocycles. The monoisotopic (exact) mass is 239 g/mol. The number of hydrogen-bond donors (Lipinski definition) is 1. The summed E-state index contributed by atoms with van der Waals surface area (Å²) < 4.78 is 0. The van der Waals surface area contributed by atoms with E-state index in [0.717, 1.165) is 5.56 Å². The lowest BCUT2D eigenvalue weighted by Crippen LogP contribution is -1.92. The Balaban J connectivity index is 2.54. The van der Waals surface area contributed by atoms with Crippen molar-refractivity contribution in [3.05, 3.63) is 40.6 Å². The summed E-state index contributed by atoms with van der Waals surface area (Å²) in [6.45, 7) is 0. The van der Waals surface area contributed by atoms with Crippen molar-refractivity contribution in [3.63, 3.8) is 0 Å². The maximum atomic E-state index is 6.03. The molecule has 0 saturated carbocycles. The molecule has 0 bridgehead atoms. The first-order valence-corrected chi connectivity index (χ1v) is 4.95. The Morgan fingerprint density at radius 3 is 2.53 bits per heavy atom. The molecule has 0 aliphatic heterocycles. The van der Waals surface area contributed by atoms with E-state index in [4.69, 9.17) is 28.9 Å². The van der Waals surface area contributed by atoms with Crippen molar-refractivity contribution in [1.82, 2.24) is 9.97 Å². The van der Waals surface area contributed by atoms with Crippen LogP contribution in [0, 0.1) is 0 Å². The van der Waals surface area contributed by atoms with Crippen molar-refractivity contribution in [2.24, 2.45) is 0 Å². The molecule has 1 heterocycles. The van der Waals surface area contributed by atoms with Crippen LogP contribution in [-0.2, 0) is 0 Å². The zero-order chi connectivity index (χ0) is 10.8. The molecule has 2 rings (SSSR count). The summed E-state index contributed by atoms with van der Waals surface area (Å²) in [5, 5.41) is 1.13. The molecule has 0 fully saturated rings. The van der Waals surface area contributed by atoms with Crippen molar-refractivity contribution in [2.45, 2.75) is 0 Å². The van der Waals surface area contributed by atoms with Crippen LogP contribution in [0.25, 0.3) is 11.3 Å². The van der Waals surface area contributed by atoms with Crippen LogP contribution in [0.5, 0.6) is 0 Å². The van der Waals surface area contributed by atoms with Crippen LogP contribution in [0.2, 0.25) is 10.0 Å². The minimum Gasteiger partial charge on any atom is -0.384 e. The van der Waals surface area contributed by atoms with Gasteiger partial charge in [-0.05, 0) is 18.2 Å². The third-order valence-corrected chi connectivity index (χ3v) is 2.44. The van der Waals surface area contributed by atoms with Gasteiger partial charge >= 0.3 is 0 Å². The van der Waals surface area contributed by atoms with E-state index < -0.39 is 0 Å². The third kappa shape index (κ3) is 2.19. The number of anilines is 1. The van der Waals surface area contributed by atoms with E-state index in [1.807, 2.05) is 0 Å². The quantitative estimate of drug-likeness (QED) is 0.833. The van der Waals surface area contributed by atoms with E-state index in [-0.39, 0.29) is 0 Å². The molecule has 1 aromatic carbocycles. The normalized spacial score (nSPS) is 10.3. The summed E-state index contributed by atoms with van der Waals surface area (Å²) in [5.74, 6) is 0.408. The van der Waals surface area contributed by atoms with Crippen molar-refractivity contribution >= 4 is 29.0 Å². The lowest BCUT2D eigenvalue weighted by atomic mass is 10.1. The third-order valence-electron chi connectivity index (χ3n) is 1.90. The van der Waals surface area contributed by atoms with Gasteiger partial charge in [-0.2, -0.15) is 0 Å². The molecule has 0 aliphatic rings. The zero-order valence-corrected chi connectivity index (χ0v) is 9.13. The largest absolute Gasteiger partial charge is 0.384 e. The lowest BCUT2D eigenvalue weighted by Gasteiger charge is -2.03. The van der Waals surface area contributed by atoms with E-state index in [9.17, 15) is 0 Å². The van der Waals surface area contributed by atoms with Crippen LogP contribution in [0.15, 0.2) is 30.6 Å². The second-order valence-corrected chi connectivity index (χ2v) is 3.80. The first-order chi connectivity index (χ1) is 7.16. The van der Waals surface area contributed by atoms with E-state index in [0.29, 0.717) is 21.6 Å². The smallest absolute Gasteiger partial charge is 0.127 e. The molecule has 0 aliphatic carbocycles. The Morgan fingerprint density at radius 1 is 1.07 bits per heavy atom. The average molecular weight is 240 g/mol. The predicted molar refractivity (Wildman–Crippen MR) is 61.9 cm³/mol. The average Bonchev–Trinajstić information content (AvgIpc) is 2.17. The van der Waals surface area contributed by atoms with Gasteiger partial charge in [-0.15, -0.1) is 0 Å². The molecule has 0 amide bonds. The Bertz CT molecular complexity index is 500. The van der Waals surface area contributed by atoms with Gasteiger partial charge in [0.05, 0.1) is 10.7 Å². The van der Waals surface area contributed by atoms with Crippen molar-refractivity contribution in [3.8, 4) is 11.3 Å². The molecular weight excluding hydrogens is 233 g/mol. The lowest BCUT2D eigenvalue weighted by molar-refractivity contribution is 1.18. The summed E-state index contributed by atoms with van der Waals surface area (Å²) in [6.07, 6.45) is 1.40. The van der Waals surface area contributed by atoms with Crippen LogP contribution in [0.4, 0.5) is 5.82 Å². The molecule has 5 heteroatoms. The second kappa shape index (κ2) is 4.04. The number of nitrogens with two attached hydrogens (primary N) is 1. The van der Waals surface area contributed by atoms with E-state index in [1.54, 1.807) is 24.3 Å². The molecule has 0 atom stereocenters. The van der Waals surface area contributed by atoms with Gasteiger partial charge in [-0.1, -0.05) is 23.2 Å². The van der Waals surface area contributed by atoms with Crippen molar-refractivity contribution in [1.29, 1.82) is 0 Å². The van der Waals surface area contributed by atoms with Crippen LogP contribution in [0.1, 0.15) is 0 Å². The molecule has 2 N–H and O–H groups in total. The van der Waals surface area contributed by atoms with Crippen molar-refractivity contribution in [2.75, 3.05) is 5.73 Å². The summed E-state index contributed by atoms with van der Waals surface area (Å²) in [7, 11) is 0. The van der Waals surface area contributed by atoms with E-state index >= 15 is 0 Å². The van der Waals surface area contributed by atoms with Gasteiger partial charge in [0.2, 0.25) is 0 Å². The van der Waals surface area contributed by atoms with Gasteiger partial charge in [-0.25, -0.2) is 9.97 Å². The molecule has 0 radical (unpaired) electrons. The van der Waals surface area contributed by atoms with Gasteiger partial charge < -0.3 is 5.73 Å². The van der Waals surface area contributed by atoms with Gasteiger partial charge in [0.1, 0.15) is 12.1 Å². The number of rotatable bonds is 1. The maximum absolute atomic E-state index is 6.03. The van der Waals surface area contributed by atoms with Crippen LogP contribution >= 0.6 is 23.2 Å². The highest BCUT2D eigenvalue weighted by Crippen LogP contribution is 2.29. The Hall–Kier alpha value is -1.32. The second-order valence-electron chi connectivity index (χ2n) is 2.95. The minimum absolute atomic E-state index is 0.408. The highest BCUT2D eigenvalue weighted by molar-refractivity contribution is 6.36. The topological polar surface area (TPSA) is 51.8 Å². The molecule has 76 valence electrons. The maximum Gasteiger partial charge on any atom is 0.127 e.